The van der Waals surface area contributed by atoms with Crippen LogP contribution in [0.5, 0.6) is 5.75 Å². The number of likely N-dealkylation sites (tertiary alicyclic amines) is 1. The minimum Gasteiger partial charge on any atom is -0.481 e. The van der Waals surface area contributed by atoms with E-state index in [4.69, 9.17) is 4.74 Å². The van der Waals surface area contributed by atoms with Gasteiger partial charge in [0, 0.05) is 19.1 Å². The van der Waals surface area contributed by atoms with Crippen LogP contribution in [0.15, 0.2) is 53.4 Å². The maximum atomic E-state index is 12.9. The van der Waals surface area contributed by atoms with Gasteiger partial charge in [-0.1, -0.05) is 49.7 Å². The summed E-state index contributed by atoms with van der Waals surface area (Å²) in [6.07, 6.45) is 0.554. The summed E-state index contributed by atoms with van der Waals surface area (Å²) in [6, 6.07) is 14.4. The fourth-order valence-electron chi connectivity index (χ4n) is 3.79. The zero-order valence-corrected chi connectivity index (χ0v) is 19.5. The largest absolute Gasteiger partial charge is 0.481 e. The molecule has 1 amide bonds. The number of sulfonamides is 1. The molecular weight excluding hydrogens is 412 g/mol. The molecule has 1 heterocycles. The van der Waals surface area contributed by atoms with Gasteiger partial charge in [-0.3, -0.25) is 4.79 Å². The minimum atomic E-state index is -3.56. The fourth-order valence-corrected chi connectivity index (χ4v) is 5.09. The van der Waals surface area contributed by atoms with E-state index in [2.05, 4.69) is 18.6 Å². The maximum Gasteiger partial charge on any atom is 0.263 e. The lowest BCUT2D eigenvalue weighted by Crippen LogP contribution is -2.49. The van der Waals surface area contributed by atoms with E-state index in [-0.39, 0.29) is 16.8 Å². The van der Waals surface area contributed by atoms with E-state index in [0.29, 0.717) is 31.8 Å². The third kappa shape index (κ3) is 5.86. The van der Waals surface area contributed by atoms with Crippen LogP contribution in [0.3, 0.4) is 0 Å². The average Bonchev–Trinajstić information content (AvgIpc) is 2.74. The molecule has 1 aliphatic heterocycles. The number of aryl methyl sites for hydroxylation is 1. The Balaban J connectivity index is 1.55. The second-order valence-electron chi connectivity index (χ2n) is 8.49. The summed E-state index contributed by atoms with van der Waals surface area (Å²) in [4.78, 5) is 14.9. The molecular formula is C24H32N2O4S. The van der Waals surface area contributed by atoms with Crippen LogP contribution in [0, 0.1) is 6.92 Å². The summed E-state index contributed by atoms with van der Waals surface area (Å²) in [5.41, 5.74) is 2.09. The van der Waals surface area contributed by atoms with Gasteiger partial charge in [-0.05, 0) is 56.4 Å². The van der Waals surface area contributed by atoms with Crippen LogP contribution in [-0.2, 0) is 14.8 Å². The lowest BCUT2D eigenvalue weighted by molar-refractivity contribution is -0.139. The highest BCUT2D eigenvalue weighted by atomic mass is 32.2. The first-order valence-electron chi connectivity index (χ1n) is 10.8. The lowest BCUT2D eigenvalue weighted by Gasteiger charge is -2.34. The minimum absolute atomic E-state index is 0.0709. The van der Waals surface area contributed by atoms with Crippen molar-refractivity contribution in [1.29, 1.82) is 0 Å². The number of benzene rings is 2. The van der Waals surface area contributed by atoms with Gasteiger partial charge in [0.15, 0.2) is 6.10 Å². The van der Waals surface area contributed by atoms with Crippen LogP contribution in [0.2, 0.25) is 0 Å². The molecule has 1 fully saturated rings. The van der Waals surface area contributed by atoms with E-state index in [9.17, 15) is 13.2 Å². The SMILES string of the molecule is Cc1ccc(S(=O)(=O)NC2CCN(C(=O)C(C)Oc3ccccc3C(C)C)CC2)cc1. The molecule has 6 nitrogen and oxygen atoms in total. The molecule has 0 spiro atoms. The number of carbonyl (C=O) groups is 1. The molecule has 2 aromatic carbocycles. The predicted octanol–water partition coefficient (Wildman–Crippen LogP) is 3.86. The van der Waals surface area contributed by atoms with Gasteiger partial charge in [0.1, 0.15) is 5.75 Å². The van der Waals surface area contributed by atoms with Gasteiger partial charge in [0.25, 0.3) is 5.91 Å². The van der Waals surface area contributed by atoms with Crippen LogP contribution >= 0.6 is 0 Å². The van der Waals surface area contributed by atoms with Crippen LogP contribution in [0.25, 0.3) is 0 Å². The molecule has 0 radical (unpaired) electrons. The molecule has 1 unspecified atom stereocenters. The van der Waals surface area contributed by atoms with E-state index in [1.54, 1.807) is 36.1 Å². The van der Waals surface area contributed by atoms with Crippen molar-refractivity contribution in [3.05, 3.63) is 59.7 Å². The molecule has 1 saturated heterocycles. The highest BCUT2D eigenvalue weighted by Crippen LogP contribution is 2.27. The first-order valence-corrected chi connectivity index (χ1v) is 12.3. The summed E-state index contributed by atoms with van der Waals surface area (Å²) >= 11 is 0. The molecule has 0 aliphatic carbocycles. The van der Waals surface area contributed by atoms with E-state index >= 15 is 0 Å². The molecule has 1 atom stereocenters. The second kappa shape index (κ2) is 9.83. The van der Waals surface area contributed by atoms with E-state index in [1.165, 1.54) is 0 Å². The molecule has 168 valence electrons. The van der Waals surface area contributed by atoms with Gasteiger partial charge in [-0.2, -0.15) is 0 Å². The molecule has 0 saturated carbocycles. The first-order chi connectivity index (χ1) is 14.7. The van der Waals surface area contributed by atoms with Crippen LogP contribution < -0.4 is 9.46 Å². The molecule has 3 rings (SSSR count). The number of nitrogens with one attached hydrogen (secondary N) is 1. The number of amides is 1. The Bertz CT molecular complexity index is 994. The van der Waals surface area contributed by atoms with Gasteiger partial charge < -0.3 is 9.64 Å². The summed E-state index contributed by atoms with van der Waals surface area (Å²) in [5, 5.41) is 0. The van der Waals surface area contributed by atoms with Crippen molar-refractivity contribution in [1.82, 2.24) is 9.62 Å². The van der Waals surface area contributed by atoms with Crippen LogP contribution in [-0.4, -0.2) is 44.5 Å². The first kappa shape index (κ1) is 23.3. The number of hydrogen-bond donors (Lipinski definition) is 1. The van der Waals surface area contributed by atoms with Crippen LogP contribution in [0.1, 0.15) is 50.7 Å². The van der Waals surface area contributed by atoms with Crippen molar-refractivity contribution in [2.45, 2.75) is 63.5 Å². The van der Waals surface area contributed by atoms with Gasteiger partial charge in [-0.15, -0.1) is 0 Å². The van der Waals surface area contributed by atoms with E-state index < -0.39 is 16.1 Å². The van der Waals surface area contributed by atoms with Crippen molar-refractivity contribution in [3.8, 4) is 5.75 Å². The topological polar surface area (TPSA) is 75.7 Å². The van der Waals surface area contributed by atoms with Crippen LogP contribution in [0.4, 0.5) is 0 Å². The van der Waals surface area contributed by atoms with Crippen molar-refractivity contribution in [3.63, 3.8) is 0 Å². The number of nitrogens with zero attached hydrogens (tertiary/aromatic N) is 1. The third-order valence-corrected chi connectivity index (χ3v) is 7.19. The Kier molecular flexibility index (Phi) is 7.38. The number of carbonyl (C=O) groups excluding carboxylic acids is 1. The predicted molar refractivity (Wildman–Crippen MR) is 122 cm³/mol. The van der Waals surface area contributed by atoms with Crippen molar-refractivity contribution in [2.24, 2.45) is 0 Å². The Hall–Kier alpha value is -2.38. The number of para-hydroxylation sites is 1. The zero-order valence-electron chi connectivity index (χ0n) is 18.7. The number of ether oxygens (including phenoxy) is 1. The monoisotopic (exact) mass is 444 g/mol. The molecule has 7 heteroatoms. The molecule has 1 aliphatic rings. The highest BCUT2D eigenvalue weighted by Gasteiger charge is 2.29. The highest BCUT2D eigenvalue weighted by molar-refractivity contribution is 7.89. The Morgan fingerprint density at radius 3 is 2.26 bits per heavy atom. The van der Waals surface area contributed by atoms with Gasteiger partial charge in [0.05, 0.1) is 4.90 Å². The van der Waals surface area contributed by atoms with E-state index in [0.717, 1.165) is 16.9 Å². The number of piperidine rings is 1. The van der Waals surface area contributed by atoms with E-state index in [1.807, 2.05) is 31.2 Å². The van der Waals surface area contributed by atoms with Gasteiger partial charge in [-0.25, -0.2) is 13.1 Å². The molecule has 1 N–H and O–H groups in total. The normalized spacial score (nSPS) is 16.4. The molecule has 0 aromatic heterocycles. The standard InChI is InChI=1S/C24H32N2O4S/c1-17(2)22-7-5-6-8-23(22)30-19(4)24(27)26-15-13-20(14-16-26)25-31(28,29)21-11-9-18(3)10-12-21/h5-12,17,19-20,25H,13-16H2,1-4H3. The molecule has 0 bridgehead atoms. The molecule has 2 aromatic rings. The zero-order chi connectivity index (χ0) is 22.6. The molecule has 31 heavy (non-hydrogen) atoms. The Morgan fingerprint density at radius 2 is 1.65 bits per heavy atom. The Morgan fingerprint density at radius 1 is 1.03 bits per heavy atom. The van der Waals surface area contributed by atoms with Crippen molar-refractivity contribution in [2.75, 3.05) is 13.1 Å². The van der Waals surface area contributed by atoms with Gasteiger partial charge >= 0.3 is 0 Å². The maximum absolute atomic E-state index is 12.9. The average molecular weight is 445 g/mol. The number of hydrogen-bond acceptors (Lipinski definition) is 4. The van der Waals surface area contributed by atoms with Crippen molar-refractivity contribution >= 4 is 15.9 Å². The summed E-state index contributed by atoms with van der Waals surface area (Å²) in [6.45, 7) is 8.88. The Labute approximate surface area is 185 Å². The van der Waals surface area contributed by atoms with Gasteiger partial charge in [0.2, 0.25) is 10.0 Å². The lowest BCUT2D eigenvalue weighted by atomic mass is 10.0. The van der Waals surface area contributed by atoms with Crippen molar-refractivity contribution < 1.29 is 17.9 Å². The fraction of sp³-hybridized carbons (Fsp3) is 0.458. The quantitative estimate of drug-likeness (QED) is 0.704. The summed E-state index contributed by atoms with van der Waals surface area (Å²) < 4.78 is 34.0. The summed E-state index contributed by atoms with van der Waals surface area (Å²) in [7, 11) is -3.56. The summed E-state index contributed by atoms with van der Waals surface area (Å²) in [5.74, 6) is 0.966. The number of rotatable bonds is 7. The smallest absolute Gasteiger partial charge is 0.263 e. The second-order valence-corrected chi connectivity index (χ2v) is 10.2. The third-order valence-electron chi connectivity index (χ3n) is 5.65.